The predicted molar refractivity (Wildman–Crippen MR) is 52.0 cm³/mol. The van der Waals surface area contributed by atoms with Crippen LogP contribution in [0.5, 0.6) is 11.8 Å². The smallest absolute Gasteiger partial charge is 0.223 e. The molecule has 1 aromatic heterocycles. The zero-order valence-electron chi connectivity index (χ0n) is 8.02. The molecule has 1 aromatic rings. The molecule has 0 amide bonds. The number of nitrogens with zero attached hydrogens (tertiary/aromatic N) is 2. The van der Waals surface area contributed by atoms with E-state index < -0.39 is 0 Å². The normalized spacial score (nSPS) is 9.79. The van der Waals surface area contributed by atoms with E-state index >= 15 is 0 Å². The van der Waals surface area contributed by atoms with Gasteiger partial charge in [0.2, 0.25) is 11.8 Å². The van der Waals surface area contributed by atoms with Crippen molar-refractivity contribution in [2.75, 3.05) is 14.2 Å². The van der Waals surface area contributed by atoms with Crippen molar-refractivity contribution >= 4 is 6.08 Å². The highest BCUT2D eigenvalue weighted by Crippen LogP contribution is 2.20. The zero-order valence-corrected chi connectivity index (χ0v) is 8.02. The number of hydrogen-bond acceptors (Lipinski definition) is 4. The minimum atomic E-state index is 0.441. The first-order valence-electron chi connectivity index (χ1n) is 3.97. The van der Waals surface area contributed by atoms with E-state index in [1.807, 2.05) is 6.07 Å². The van der Waals surface area contributed by atoms with E-state index in [2.05, 4.69) is 4.98 Å². The summed E-state index contributed by atoms with van der Waals surface area (Å²) >= 11 is 0. The van der Waals surface area contributed by atoms with Gasteiger partial charge in [-0.05, 0) is 12.1 Å². The third kappa shape index (κ3) is 2.23. The highest BCUT2D eigenvalue weighted by atomic mass is 16.5. The summed E-state index contributed by atoms with van der Waals surface area (Å²) in [5, 5.41) is 8.37. The van der Waals surface area contributed by atoms with Crippen LogP contribution < -0.4 is 9.47 Å². The molecule has 0 unspecified atom stereocenters. The minimum Gasteiger partial charge on any atom is -0.481 e. The second-order valence-electron chi connectivity index (χ2n) is 2.41. The van der Waals surface area contributed by atoms with Crippen molar-refractivity contribution < 1.29 is 9.47 Å². The van der Waals surface area contributed by atoms with E-state index in [9.17, 15) is 0 Å². The lowest BCUT2D eigenvalue weighted by atomic mass is 10.2. The molecule has 0 radical (unpaired) electrons. The topological polar surface area (TPSA) is 55.1 Å². The van der Waals surface area contributed by atoms with Gasteiger partial charge in [-0.1, -0.05) is 0 Å². The molecular weight excluding hydrogens is 180 g/mol. The van der Waals surface area contributed by atoms with E-state index in [1.165, 1.54) is 20.3 Å². The van der Waals surface area contributed by atoms with Gasteiger partial charge in [-0.25, -0.2) is 0 Å². The van der Waals surface area contributed by atoms with Gasteiger partial charge in [0.1, 0.15) is 0 Å². The fourth-order valence-corrected chi connectivity index (χ4v) is 0.965. The van der Waals surface area contributed by atoms with Crippen molar-refractivity contribution in [1.29, 1.82) is 5.26 Å². The number of ether oxygens (including phenoxy) is 2. The summed E-state index contributed by atoms with van der Waals surface area (Å²) < 4.78 is 9.97. The molecule has 14 heavy (non-hydrogen) atoms. The first-order valence-corrected chi connectivity index (χ1v) is 3.97. The molecule has 0 aliphatic carbocycles. The van der Waals surface area contributed by atoms with Gasteiger partial charge in [0.15, 0.2) is 0 Å². The number of rotatable bonds is 3. The third-order valence-electron chi connectivity index (χ3n) is 1.60. The average Bonchev–Trinajstić information content (AvgIpc) is 2.26. The number of allylic oxidation sites excluding steroid dienone is 1. The summed E-state index contributed by atoms with van der Waals surface area (Å²) in [6.45, 7) is 0. The zero-order chi connectivity index (χ0) is 10.4. The Balaban J connectivity index is 3.06. The molecule has 0 fully saturated rings. The van der Waals surface area contributed by atoms with Crippen LogP contribution in [0.25, 0.3) is 6.08 Å². The van der Waals surface area contributed by atoms with E-state index in [1.54, 1.807) is 18.2 Å². The maximum atomic E-state index is 8.37. The standard InChI is InChI=1S/C10H10N2O2/c1-13-9-6-5-8(4-3-7-11)10(12-9)14-2/h3-6H,1-2H3. The van der Waals surface area contributed by atoms with Gasteiger partial charge < -0.3 is 9.47 Å². The molecule has 0 saturated heterocycles. The Labute approximate surface area is 82.4 Å². The van der Waals surface area contributed by atoms with Crippen LogP contribution in [0, 0.1) is 11.3 Å². The lowest BCUT2D eigenvalue weighted by molar-refractivity contribution is 0.364. The van der Waals surface area contributed by atoms with Gasteiger partial charge in [-0.2, -0.15) is 10.2 Å². The van der Waals surface area contributed by atoms with Gasteiger partial charge in [-0.3, -0.25) is 0 Å². The third-order valence-corrected chi connectivity index (χ3v) is 1.60. The van der Waals surface area contributed by atoms with E-state index in [4.69, 9.17) is 14.7 Å². The molecule has 4 heteroatoms. The Hall–Kier alpha value is -2.02. The fourth-order valence-electron chi connectivity index (χ4n) is 0.965. The Morgan fingerprint density at radius 3 is 2.71 bits per heavy atom. The SMILES string of the molecule is COc1ccc(C=CC#N)c(OC)n1. The Bertz CT molecular complexity index is 380. The average molecular weight is 190 g/mol. The quantitative estimate of drug-likeness (QED) is 0.680. The molecule has 1 rings (SSSR count). The lowest BCUT2D eigenvalue weighted by Crippen LogP contribution is -1.94. The summed E-state index contributed by atoms with van der Waals surface area (Å²) in [6.07, 6.45) is 3.00. The fraction of sp³-hybridized carbons (Fsp3) is 0.200. The highest BCUT2D eigenvalue weighted by Gasteiger charge is 2.02. The molecule has 0 N–H and O–H groups in total. The molecular formula is C10H10N2O2. The van der Waals surface area contributed by atoms with E-state index in [-0.39, 0.29) is 0 Å². The molecule has 0 saturated carbocycles. The number of methoxy groups -OCH3 is 2. The van der Waals surface area contributed by atoms with Crippen molar-refractivity contribution in [3.63, 3.8) is 0 Å². The second-order valence-corrected chi connectivity index (χ2v) is 2.41. The van der Waals surface area contributed by atoms with E-state index in [0.717, 1.165) is 5.56 Å². The number of aromatic nitrogens is 1. The summed E-state index contributed by atoms with van der Waals surface area (Å²) in [5.74, 6) is 0.923. The van der Waals surface area contributed by atoms with Crippen molar-refractivity contribution in [2.24, 2.45) is 0 Å². The molecule has 0 aromatic carbocycles. The van der Waals surface area contributed by atoms with Gasteiger partial charge >= 0.3 is 0 Å². The molecule has 4 nitrogen and oxygen atoms in total. The molecule has 1 heterocycles. The highest BCUT2D eigenvalue weighted by molar-refractivity contribution is 5.57. The second kappa shape index (κ2) is 4.87. The van der Waals surface area contributed by atoms with Gasteiger partial charge in [-0.15, -0.1) is 0 Å². The van der Waals surface area contributed by atoms with Crippen LogP contribution >= 0.6 is 0 Å². The van der Waals surface area contributed by atoms with Crippen LogP contribution in [-0.2, 0) is 0 Å². The van der Waals surface area contributed by atoms with E-state index in [0.29, 0.717) is 11.8 Å². The number of hydrogen-bond donors (Lipinski definition) is 0. The summed E-state index contributed by atoms with van der Waals surface area (Å²) in [4.78, 5) is 4.06. The molecule has 0 aliphatic rings. The molecule has 0 bridgehead atoms. The first kappa shape index (κ1) is 10.1. The Kier molecular flexibility index (Phi) is 3.50. The van der Waals surface area contributed by atoms with Crippen LogP contribution in [0.2, 0.25) is 0 Å². The van der Waals surface area contributed by atoms with Crippen molar-refractivity contribution in [3.8, 4) is 17.8 Å². The van der Waals surface area contributed by atoms with Crippen molar-refractivity contribution in [1.82, 2.24) is 4.98 Å². The Morgan fingerprint density at radius 1 is 1.36 bits per heavy atom. The largest absolute Gasteiger partial charge is 0.481 e. The Morgan fingerprint density at radius 2 is 2.14 bits per heavy atom. The van der Waals surface area contributed by atoms with Crippen LogP contribution in [-0.4, -0.2) is 19.2 Å². The maximum absolute atomic E-state index is 8.37. The van der Waals surface area contributed by atoms with Crippen LogP contribution in [0.15, 0.2) is 18.2 Å². The molecule has 0 spiro atoms. The monoisotopic (exact) mass is 190 g/mol. The predicted octanol–water partition coefficient (Wildman–Crippen LogP) is 1.64. The van der Waals surface area contributed by atoms with Gasteiger partial charge in [0, 0.05) is 17.7 Å². The molecule has 72 valence electrons. The van der Waals surface area contributed by atoms with Crippen LogP contribution in [0.3, 0.4) is 0 Å². The van der Waals surface area contributed by atoms with Crippen molar-refractivity contribution in [2.45, 2.75) is 0 Å². The van der Waals surface area contributed by atoms with Crippen LogP contribution in [0.1, 0.15) is 5.56 Å². The van der Waals surface area contributed by atoms with Crippen molar-refractivity contribution in [3.05, 3.63) is 23.8 Å². The summed E-state index contributed by atoms with van der Waals surface area (Å²) in [7, 11) is 3.05. The minimum absolute atomic E-state index is 0.441. The van der Waals surface area contributed by atoms with Gasteiger partial charge in [0.05, 0.1) is 20.3 Å². The van der Waals surface area contributed by atoms with Crippen LogP contribution in [0.4, 0.5) is 0 Å². The van der Waals surface area contributed by atoms with Gasteiger partial charge in [0.25, 0.3) is 0 Å². The summed E-state index contributed by atoms with van der Waals surface area (Å²) in [5.41, 5.74) is 0.745. The molecule has 0 aliphatic heterocycles. The number of nitriles is 1. The number of pyridine rings is 1. The maximum Gasteiger partial charge on any atom is 0.223 e. The molecule has 0 atom stereocenters. The first-order chi connectivity index (χ1) is 6.81. The summed E-state index contributed by atoms with van der Waals surface area (Å²) in [6, 6.07) is 5.39. The lowest BCUT2D eigenvalue weighted by Gasteiger charge is -2.04.